The second-order valence-electron chi connectivity index (χ2n) is 6.51. The molecule has 25 heavy (non-hydrogen) atoms. The molecule has 0 aromatic heterocycles. The summed E-state index contributed by atoms with van der Waals surface area (Å²) >= 11 is 0. The van der Waals surface area contributed by atoms with Crippen LogP contribution in [0.25, 0.3) is 0 Å². The maximum Gasteiger partial charge on any atom is 0.223 e. The molecule has 1 aromatic rings. The van der Waals surface area contributed by atoms with Crippen LogP contribution in [0.15, 0.2) is 23.1 Å². The summed E-state index contributed by atoms with van der Waals surface area (Å²) in [5, 5.41) is 2.77. The molecule has 0 aliphatic carbocycles. The summed E-state index contributed by atoms with van der Waals surface area (Å²) in [5.41, 5.74) is 1.65. The van der Waals surface area contributed by atoms with E-state index in [0.29, 0.717) is 6.54 Å². The van der Waals surface area contributed by atoms with Gasteiger partial charge in [-0.25, -0.2) is 8.42 Å². The van der Waals surface area contributed by atoms with Crippen LogP contribution >= 0.6 is 0 Å². The van der Waals surface area contributed by atoms with Gasteiger partial charge in [0.25, 0.3) is 0 Å². The summed E-state index contributed by atoms with van der Waals surface area (Å²) in [7, 11) is -3.53. The van der Waals surface area contributed by atoms with E-state index in [1.165, 1.54) is 13.0 Å². The van der Waals surface area contributed by atoms with Crippen molar-refractivity contribution < 1.29 is 18.0 Å². The van der Waals surface area contributed by atoms with Crippen molar-refractivity contribution in [2.45, 2.75) is 57.4 Å². The Balaban J connectivity index is 2.12. The number of rotatable bonds is 6. The lowest BCUT2D eigenvalue weighted by Gasteiger charge is -2.28. The fraction of sp³-hybridized carbons (Fsp3) is 0.556. The van der Waals surface area contributed by atoms with Gasteiger partial charge >= 0.3 is 0 Å². The van der Waals surface area contributed by atoms with Crippen LogP contribution < -0.4 is 10.2 Å². The summed E-state index contributed by atoms with van der Waals surface area (Å²) in [6.45, 7) is 6.01. The molecule has 0 spiro atoms. The van der Waals surface area contributed by atoms with E-state index in [1.54, 1.807) is 17.0 Å². The van der Waals surface area contributed by atoms with Gasteiger partial charge in [0.2, 0.25) is 11.8 Å². The predicted molar refractivity (Wildman–Crippen MR) is 97.4 cm³/mol. The number of anilines is 1. The van der Waals surface area contributed by atoms with E-state index in [0.717, 1.165) is 30.5 Å². The van der Waals surface area contributed by atoms with Gasteiger partial charge in [-0.2, -0.15) is 0 Å². The van der Waals surface area contributed by atoms with E-state index in [-0.39, 0.29) is 34.9 Å². The monoisotopic (exact) mass is 366 g/mol. The molecule has 1 heterocycles. The molecule has 0 radical (unpaired) electrons. The van der Waals surface area contributed by atoms with Crippen LogP contribution in [0.3, 0.4) is 0 Å². The summed E-state index contributed by atoms with van der Waals surface area (Å²) in [6, 6.07) is 4.91. The van der Waals surface area contributed by atoms with Crippen molar-refractivity contribution in [1.29, 1.82) is 0 Å². The highest BCUT2D eigenvalue weighted by Crippen LogP contribution is 2.30. The number of hydrogen-bond donors (Lipinski definition) is 1. The highest BCUT2D eigenvalue weighted by molar-refractivity contribution is 7.91. The summed E-state index contributed by atoms with van der Waals surface area (Å²) in [5.74, 6) is -0.512. The topological polar surface area (TPSA) is 83.6 Å². The molecule has 0 saturated heterocycles. The minimum Gasteiger partial charge on any atom is -0.354 e. The zero-order valence-corrected chi connectivity index (χ0v) is 15.9. The van der Waals surface area contributed by atoms with Crippen LogP contribution in [-0.4, -0.2) is 38.6 Å². The lowest BCUT2D eigenvalue weighted by Crippen LogP contribution is -2.34. The lowest BCUT2D eigenvalue weighted by molar-refractivity contribution is -0.121. The van der Waals surface area contributed by atoms with Gasteiger partial charge < -0.3 is 10.2 Å². The third-order valence-electron chi connectivity index (χ3n) is 4.53. The molecule has 0 bridgehead atoms. The predicted octanol–water partition coefficient (Wildman–Crippen LogP) is 2.06. The van der Waals surface area contributed by atoms with E-state index in [2.05, 4.69) is 5.32 Å². The Morgan fingerprint density at radius 3 is 2.68 bits per heavy atom. The average molecular weight is 366 g/mol. The molecule has 1 aliphatic rings. The number of benzene rings is 1. The van der Waals surface area contributed by atoms with Gasteiger partial charge in [-0.05, 0) is 49.9 Å². The van der Waals surface area contributed by atoms with Crippen LogP contribution in [0.5, 0.6) is 0 Å². The molecule has 2 amide bonds. The van der Waals surface area contributed by atoms with E-state index in [4.69, 9.17) is 0 Å². The first-order valence-electron chi connectivity index (χ1n) is 8.67. The Morgan fingerprint density at radius 2 is 2.04 bits per heavy atom. The smallest absolute Gasteiger partial charge is 0.223 e. The Morgan fingerprint density at radius 1 is 1.32 bits per heavy atom. The number of nitrogens with zero attached hydrogens (tertiary/aromatic N) is 1. The molecule has 138 valence electrons. The molecule has 6 nitrogen and oxygen atoms in total. The molecule has 0 fully saturated rings. The molecule has 0 saturated carbocycles. The zero-order chi connectivity index (χ0) is 18.6. The Labute approximate surface area is 149 Å². The van der Waals surface area contributed by atoms with Gasteiger partial charge in [0.05, 0.1) is 10.6 Å². The first-order chi connectivity index (χ1) is 11.7. The van der Waals surface area contributed by atoms with Crippen LogP contribution in [0, 0.1) is 0 Å². The Hall–Kier alpha value is -1.89. The van der Waals surface area contributed by atoms with Gasteiger partial charge in [0.15, 0.2) is 9.84 Å². The number of aryl methyl sites for hydroxylation is 1. The minimum absolute atomic E-state index is 0.0384. The zero-order valence-electron chi connectivity index (χ0n) is 15.0. The number of amides is 2. The van der Waals surface area contributed by atoms with E-state index < -0.39 is 9.84 Å². The summed E-state index contributed by atoms with van der Waals surface area (Å²) < 4.78 is 25.1. The minimum atomic E-state index is -3.53. The van der Waals surface area contributed by atoms with Crippen LogP contribution in [-0.2, 0) is 25.8 Å². The van der Waals surface area contributed by atoms with Crippen molar-refractivity contribution in [3.05, 3.63) is 23.8 Å². The molecule has 1 unspecified atom stereocenters. The Kier molecular flexibility index (Phi) is 6.21. The van der Waals surface area contributed by atoms with Gasteiger partial charge in [0.1, 0.15) is 0 Å². The molecule has 7 heteroatoms. The summed E-state index contributed by atoms with van der Waals surface area (Å²) in [6.07, 6.45) is 2.31. The number of carbonyl (C=O) groups is 2. The van der Waals surface area contributed by atoms with Crippen LogP contribution in [0.1, 0.15) is 45.6 Å². The Bertz CT molecular complexity index is 758. The number of hydrogen-bond acceptors (Lipinski definition) is 4. The largest absolute Gasteiger partial charge is 0.354 e. The second kappa shape index (κ2) is 7.99. The number of nitrogens with one attached hydrogen (secondary N) is 1. The quantitative estimate of drug-likeness (QED) is 0.835. The maximum absolute atomic E-state index is 12.5. The molecule has 1 aliphatic heterocycles. The fourth-order valence-corrected chi connectivity index (χ4v) is 4.18. The molecule has 1 N–H and O–H groups in total. The molecule has 1 aromatic carbocycles. The van der Waals surface area contributed by atoms with Crippen molar-refractivity contribution in [2.75, 3.05) is 17.2 Å². The van der Waals surface area contributed by atoms with Crippen molar-refractivity contribution in [3.8, 4) is 0 Å². The van der Waals surface area contributed by atoms with Gasteiger partial charge in [-0.3, -0.25) is 9.59 Å². The van der Waals surface area contributed by atoms with E-state index in [1.807, 2.05) is 13.8 Å². The average Bonchev–Trinajstić information content (AvgIpc) is 2.58. The number of carbonyl (C=O) groups excluding carboxylic acids is 2. The molecular weight excluding hydrogens is 340 g/mol. The van der Waals surface area contributed by atoms with E-state index >= 15 is 0 Å². The van der Waals surface area contributed by atoms with Crippen LogP contribution in [0.2, 0.25) is 0 Å². The standard InChI is InChI=1S/C18H26N2O4S/c1-4-13(2)19-18(22)9-11-25(23,24)16-7-8-17-15(12-16)6-5-10-20(17)14(3)21/h7-8,12-13H,4-6,9-11H2,1-3H3,(H,19,22). The van der Waals surface area contributed by atoms with Gasteiger partial charge in [-0.15, -0.1) is 0 Å². The van der Waals surface area contributed by atoms with E-state index in [9.17, 15) is 18.0 Å². The molecular formula is C18H26N2O4S. The molecule has 2 rings (SSSR count). The first kappa shape index (κ1) is 19.4. The first-order valence-corrected chi connectivity index (χ1v) is 10.3. The fourth-order valence-electron chi connectivity index (χ4n) is 2.89. The van der Waals surface area contributed by atoms with Crippen LogP contribution in [0.4, 0.5) is 5.69 Å². The van der Waals surface area contributed by atoms with Crippen molar-refractivity contribution >= 4 is 27.3 Å². The van der Waals surface area contributed by atoms with Gasteiger partial charge in [0, 0.05) is 31.6 Å². The third-order valence-corrected chi connectivity index (χ3v) is 6.24. The number of fused-ring (bicyclic) bond motifs is 1. The second-order valence-corrected chi connectivity index (χ2v) is 8.62. The normalized spacial score (nSPS) is 15.4. The highest BCUT2D eigenvalue weighted by Gasteiger charge is 2.23. The highest BCUT2D eigenvalue weighted by atomic mass is 32.2. The van der Waals surface area contributed by atoms with Crippen molar-refractivity contribution in [3.63, 3.8) is 0 Å². The SMILES string of the molecule is CCC(C)NC(=O)CCS(=O)(=O)c1ccc2c(c1)CCCN2C(C)=O. The lowest BCUT2D eigenvalue weighted by atomic mass is 10.0. The molecule has 1 atom stereocenters. The van der Waals surface area contributed by atoms with Gasteiger partial charge in [-0.1, -0.05) is 6.92 Å². The third kappa shape index (κ3) is 4.81. The van der Waals surface area contributed by atoms with Crippen molar-refractivity contribution in [2.24, 2.45) is 0 Å². The number of sulfone groups is 1. The summed E-state index contributed by atoms with van der Waals surface area (Å²) in [4.78, 5) is 25.4. The van der Waals surface area contributed by atoms with Crippen molar-refractivity contribution in [1.82, 2.24) is 5.32 Å². The maximum atomic E-state index is 12.5.